The Labute approximate surface area is 245 Å². The number of hydrogen-bond donors (Lipinski definition) is 1. The summed E-state index contributed by atoms with van der Waals surface area (Å²) in [7, 11) is 0. The van der Waals surface area contributed by atoms with Crippen LogP contribution in [-0.4, -0.2) is 15.1 Å². The van der Waals surface area contributed by atoms with Crippen molar-refractivity contribution in [1.29, 1.82) is 0 Å². The topological polar surface area (TPSA) is 55.2 Å². The smallest absolute Gasteiger partial charge is 0.217 e. The zero-order chi connectivity index (χ0) is 26.6. The number of ether oxygens (including phenoxy) is 1. The number of phenols is 1. The van der Waals surface area contributed by atoms with Crippen LogP contribution in [0.3, 0.4) is 0 Å². The van der Waals surface area contributed by atoms with Crippen LogP contribution in [0.4, 0.5) is 0 Å². The number of phenolic OH excluding ortho intramolecular Hbond substituents is 1. The van der Waals surface area contributed by atoms with E-state index >= 15 is 0 Å². The Kier molecular flexibility index (Phi) is 8.99. The molecule has 5 heteroatoms. The first-order valence-electron chi connectivity index (χ1n) is 13.0. The standard InChI is InChI=1S/C34H31N2O2.Pt/c1-22(2)25-18-26(23(3)4)20-27(19-25)29-15-16-31(36-34(29)30-12-5-6-13-32(30)37)24-10-9-11-28(21-24)38-33-14-7-8-17-35-33;/h5-20,22-23,37H,1-4H3;/q-1;. The van der Waals surface area contributed by atoms with Crippen molar-refractivity contribution in [3.63, 3.8) is 0 Å². The predicted octanol–water partition coefficient (Wildman–Crippen LogP) is 9.02. The molecule has 0 saturated heterocycles. The molecule has 200 valence electrons. The van der Waals surface area contributed by atoms with Crippen LogP contribution in [0.15, 0.2) is 97.2 Å². The fraction of sp³-hybridized carbons (Fsp3) is 0.176. The van der Waals surface area contributed by atoms with Crippen molar-refractivity contribution in [3.8, 4) is 51.0 Å². The molecule has 3 aromatic carbocycles. The Hall–Kier alpha value is -3.75. The molecule has 0 saturated carbocycles. The van der Waals surface area contributed by atoms with Gasteiger partial charge in [-0.25, -0.2) is 4.98 Å². The average molecular weight is 695 g/mol. The molecule has 1 N–H and O–H groups in total. The third-order valence-electron chi connectivity index (χ3n) is 6.57. The summed E-state index contributed by atoms with van der Waals surface area (Å²) in [6.45, 7) is 8.85. The summed E-state index contributed by atoms with van der Waals surface area (Å²) >= 11 is 0. The van der Waals surface area contributed by atoms with Crippen LogP contribution in [0.25, 0.3) is 33.6 Å². The second-order valence-electron chi connectivity index (χ2n) is 10.0. The van der Waals surface area contributed by atoms with E-state index in [2.05, 4.69) is 63.0 Å². The molecule has 0 spiro atoms. The largest absolute Gasteiger partial charge is 0.507 e. The van der Waals surface area contributed by atoms with Crippen molar-refractivity contribution in [1.82, 2.24) is 9.97 Å². The van der Waals surface area contributed by atoms with Crippen LogP contribution in [-0.2, 0) is 21.1 Å². The number of nitrogens with zero attached hydrogens (tertiary/aromatic N) is 2. The number of benzene rings is 3. The maximum absolute atomic E-state index is 10.8. The molecule has 0 unspecified atom stereocenters. The van der Waals surface area contributed by atoms with E-state index in [0.29, 0.717) is 29.0 Å². The van der Waals surface area contributed by atoms with E-state index in [0.717, 1.165) is 28.1 Å². The quantitative estimate of drug-likeness (QED) is 0.173. The van der Waals surface area contributed by atoms with E-state index in [4.69, 9.17) is 9.72 Å². The number of para-hydroxylation sites is 1. The van der Waals surface area contributed by atoms with Crippen molar-refractivity contribution in [2.45, 2.75) is 39.5 Å². The minimum atomic E-state index is 0. The molecule has 0 aliphatic carbocycles. The van der Waals surface area contributed by atoms with Gasteiger partial charge in [-0.3, -0.25) is 4.98 Å². The average Bonchev–Trinajstić information content (AvgIpc) is 2.93. The van der Waals surface area contributed by atoms with Crippen molar-refractivity contribution >= 4 is 0 Å². The van der Waals surface area contributed by atoms with Gasteiger partial charge in [-0.05, 0) is 52.4 Å². The van der Waals surface area contributed by atoms with E-state index in [1.54, 1.807) is 18.3 Å². The van der Waals surface area contributed by atoms with Gasteiger partial charge in [-0.1, -0.05) is 82.3 Å². The molecular weight excluding hydrogens is 663 g/mol. The van der Waals surface area contributed by atoms with Gasteiger partial charge in [0.2, 0.25) is 5.88 Å². The fourth-order valence-electron chi connectivity index (χ4n) is 4.40. The second kappa shape index (κ2) is 12.4. The van der Waals surface area contributed by atoms with Crippen LogP contribution in [0.2, 0.25) is 0 Å². The predicted molar refractivity (Wildman–Crippen MR) is 154 cm³/mol. The first-order valence-corrected chi connectivity index (χ1v) is 13.0. The number of aromatic hydroxyl groups is 1. The minimum absolute atomic E-state index is 0. The maximum Gasteiger partial charge on any atom is 0.217 e. The van der Waals surface area contributed by atoms with Crippen LogP contribution < -0.4 is 4.74 Å². The van der Waals surface area contributed by atoms with E-state index in [1.165, 1.54) is 11.1 Å². The van der Waals surface area contributed by atoms with Gasteiger partial charge < -0.3 is 9.84 Å². The van der Waals surface area contributed by atoms with Crippen LogP contribution in [0.1, 0.15) is 50.7 Å². The van der Waals surface area contributed by atoms with Crippen molar-refractivity contribution in [2.75, 3.05) is 0 Å². The van der Waals surface area contributed by atoms with Gasteiger partial charge in [0.25, 0.3) is 0 Å². The van der Waals surface area contributed by atoms with Gasteiger partial charge in [0, 0.05) is 50.2 Å². The number of pyridine rings is 2. The Balaban J connectivity index is 0.00000353. The normalized spacial score (nSPS) is 10.9. The Morgan fingerprint density at radius 2 is 1.46 bits per heavy atom. The monoisotopic (exact) mass is 694 g/mol. The molecule has 0 bridgehead atoms. The molecule has 5 aromatic rings. The summed E-state index contributed by atoms with van der Waals surface area (Å²) in [6, 6.07) is 32.8. The van der Waals surface area contributed by atoms with Crippen molar-refractivity contribution < 1.29 is 30.9 Å². The maximum atomic E-state index is 10.8. The Bertz CT molecular complexity index is 1540. The van der Waals surface area contributed by atoms with Gasteiger partial charge in [-0.2, -0.15) is 0 Å². The zero-order valence-electron chi connectivity index (χ0n) is 22.5. The molecular formula is C34H31N2O2Pt-. The van der Waals surface area contributed by atoms with Crippen LogP contribution >= 0.6 is 0 Å². The molecule has 0 radical (unpaired) electrons. The summed E-state index contributed by atoms with van der Waals surface area (Å²) in [5.41, 5.74) is 7.57. The molecule has 0 atom stereocenters. The molecule has 5 rings (SSSR count). The molecule has 39 heavy (non-hydrogen) atoms. The van der Waals surface area contributed by atoms with Gasteiger partial charge in [0.15, 0.2) is 0 Å². The third-order valence-corrected chi connectivity index (χ3v) is 6.57. The van der Waals surface area contributed by atoms with Gasteiger partial charge in [0.05, 0.1) is 5.69 Å². The molecule has 0 aliphatic rings. The molecule has 4 nitrogen and oxygen atoms in total. The summed E-state index contributed by atoms with van der Waals surface area (Å²) in [5, 5.41) is 10.8. The summed E-state index contributed by atoms with van der Waals surface area (Å²) < 4.78 is 5.90. The van der Waals surface area contributed by atoms with E-state index in [1.807, 2.05) is 54.6 Å². The van der Waals surface area contributed by atoms with Gasteiger partial charge >= 0.3 is 0 Å². The molecule has 0 aliphatic heterocycles. The third kappa shape index (κ3) is 6.46. The Morgan fingerprint density at radius 1 is 0.744 bits per heavy atom. The minimum Gasteiger partial charge on any atom is -0.507 e. The van der Waals surface area contributed by atoms with Gasteiger partial charge in [0.1, 0.15) is 5.75 Å². The molecule has 2 heterocycles. The van der Waals surface area contributed by atoms with Gasteiger partial charge in [-0.15, -0.1) is 23.8 Å². The first kappa shape index (κ1) is 28.3. The first-order chi connectivity index (χ1) is 18.4. The fourth-order valence-corrected chi connectivity index (χ4v) is 4.40. The number of hydrogen-bond acceptors (Lipinski definition) is 4. The SMILES string of the molecule is CC(C)c1cc(-c2ccc(-c3[c-]c(Oc4ccccn4)ccc3)nc2-c2ccccc2O)cc(C(C)C)c1.[Pt]. The molecule has 0 amide bonds. The number of aromatic nitrogens is 2. The summed E-state index contributed by atoms with van der Waals surface area (Å²) in [5.74, 6) is 2.04. The molecule has 2 aromatic heterocycles. The van der Waals surface area contributed by atoms with E-state index < -0.39 is 0 Å². The van der Waals surface area contributed by atoms with E-state index in [9.17, 15) is 5.11 Å². The van der Waals surface area contributed by atoms with Crippen LogP contribution in [0.5, 0.6) is 17.4 Å². The van der Waals surface area contributed by atoms with Crippen molar-refractivity contribution in [3.05, 3.63) is 114 Å². The van der Waals surface area contributed by atoms with E-state index in [-0.39, 0.29) is 26.8 Å². The zero-order valence-corrected chi connectivity index (χ0v) is 24.7. The summed E-state index contributed by atoms with van der Waals surface area (Å²) in [4.78, 5) is 9.32. The Morgan fingerprint density at radius 3 is 2.13 bits per heavy atom. The molecule has 0 fully saturated rings. The summed E-state index contributed by atoms with van der Waals surface area (Å²) in [6.07, 6.45) is 1.69. The second-order valence-corrected chi connectivity index (χ2v) is 10.0. The van der Waals surface area contributed by atoms with Crippen LogP contribution in [0, 0.1) is 6.07 Å². The van der Waals surface area contributed by atoms with Crippen molar-refractivity contribution in [2.24, 2.45) is 0 Å². The number of rotatable bonds is 7.